The van der Waals surface area contributed by atoms with E-state index < -0.39 is 7.26 Å². The van der Waals surface area contributed by atoms with Gasteiger partial charge in [-0.05, 0) is 0 Å². The number of rotatable bonds is 5. The molecule has 116 valence electrons. The average molecular weight is 319 g/mol. The Morgan fingerprint density at radius 1 is 0.652 bits per heavy atom. The Hall–Kier alpha value is -2.21. The normalized spacial score (nSPS) is 13.3. The third-order valence-electron chi connectivity index (χ3n) is 4.44. The van der Waals surface area contributed by atoms with Gasteiger partial charge in [0.2, 0.25) is 0 Å². The van der Waals surface area contributed by atoms with Crippen molar-refractivity contribution in [3.8, 4) is 0 Å². The Morgan fingerprint density at radius 3 is 1.22 bits per heavy atom. The Labute approximate surface area is 138 Å². The first kappa shape index (κ1) is 15.7. The van der Waals surface area contributed by atoms with E-state index in [1.54, 1.807) is 0 Å². The number of hydrogen-bond acceptors (Lipinski definition) is 1. The van der Waals surface area contributed by atoms with Gasteiger partial charge in [0.1, 0.15) is 0 Å². The molecular formula is C21H22NP. The summed E-state index contributed by atoms with van der Waals surface area (Å²) in [6, 6.07) is 32.0. The van der Waals surface area contributed by atoms with Crippen molar-refractivity contribution in [1.82, 2.24) is 0 Å². The second-order valence-electron chi connectivity index (χ2n) is 5.67. The van der Waals surface area contributed by atoms with Gasteiger partial charge in [0.15, 0.2) is 0 Å². The summed E-state index contributed by atoms with van der Waals surface area (Å²) in [6.07, 6.45) is 1.90. The number of nitrogens with two attached hydrogens (primary N) is 1. The fraction of sp³-hybridized carbons (Fsp3) is 0.0476. The summed E-state index contributed by atoms with van der Waals surface area (Å²) in [5.74, 6) is -0.102. The zero-order valence-corrected chi connectivity index (χ0v) is 14.1. The summed E-state index contributed by atoms with van der Waals surface area (Å²) >= 11 is 0. The third kappa shape index (κ3) is 2.74. The second kappa shape index (κ2) is 6.91. The monoisotopic (exact) mass is 319 g/mol. The predicted molar refractivity (Wildman–Crippen MR) is 105 cm³/mol. The van der Waals surface area contributed by atoms with Gasteiger partial charge >= 0.3 is 138 Å². The summed E-state index contributed by atoms with van der Waals surface area (Å²) < 4.78 is 0. The molecule has 0 spiro atoms. The third-order valence-corrected chi connectivity index (χ3v) is 9.41. The van der Waals surface area contributed by atoms with Gasteiger partial charge in [-0.2, -0.15) is 0 Å². The van der Waals surface area contributed by atoms with Crippen molar-refractivity contribution in [3.05, 3.63) is 104 Å². The van der Waals surface area contributed by atoms with E-state index in [0.29, 0.717) is 0 Å². The molecule has 0 aliphatic carbocycles. The van der Waals surface area contributed by atoms with Crippen LogP contribution in [0.15, 0.2) is 104 Å². The Bertz CT molecular complexity index is 657. The zero-order chi connectivity index (χ0) is 16.1. The number of benzene rings is 3. The van der Waals surface area contributed by atoms with Crippen molar-refractivity contribution >= 4 is 23.2 Å². The summed E-state index contributed by atoms with van der Waals surface area (Å²) in [5.41, 5.74) is 6.69. The first-order valence-electron chi connectivity index (χ1n) is 7.85. The van der Waals surface area contributed by atoms with Crippen LogP contribution in [-0.2, 0) is 0 Å². The molecule has 3 rings (SSSR count). The van der Waals surface area contributed by atoms with E-state index in [-0.39, 0.29) is 5.78 Å². The second-order valence-corrected chi connectivity index (χ2v) is 9.68. The summed E-state index contributed by atoms with van der Waals surface area (Å²) in [5, 5.41) is 3.93. The van der Waals surface area contributed by atoms with Crippen LogP contribution in [0.25, 0.3) is 0 Å². The van der Waals surface area contributed by atoms with Gasteiger partial charge in [-0.3, -0.25) is 0 Å². The van der Waals surface area contributed by atoms with Crippen molar-refractivity contribution in [1.29, 1.82) is 0 Å². The van der Waals surface area contributed by atoms with Crippen LogP contribution in [-0.4, -0.2) is 5.78 Å². The average Bonchev–Trinajstić information content (AvgIpc) is 2.65. The van der Waals surface area contributed by atoms with E-state index in [2.05, 4.69) is 97.6 Å². The fourth-order valence-electron chi connectivity index (χ4n) is 3.36. The molecule has 0 saturated heterocycles. The predicted octanol–water partition coefficient (Wildman–Crippen LogP) is 3.18. The van der Waals surface area contributed by atoms with Crippen LogP contribution in [0.1, 0.15) is 0 Å². The molecule has 1 nitrogen and oxygen atoms in total. The van der Waals surface area contributed by atoms with E-state index in [1.807, 2.05) is 6.08 Å². The first-order chi connectivity index (χ1) is 11.3. The van der Waals surface area contributed by atoms with E-state index in [0.717, 1.165) is 0 Å². The summed E-state index contributed by atoms with van der Waals surface area (Å²) in [7, 11) is -2.37. The van der Waals surface area contributed by atoms with Gasteiger partial charge in [0, 0.05) is 0 Å². The Morgan fingerprint density at radius 2 is 0.957 bits per heavy atom. The van der Waals surface area contributed by atoms with Gasteiger partial charge in [-0.15, -0.1) is 0 Å². The molecule has 0 amide bonds. The molecule has 0 heterocycles. The molecule has 0 aromatic heterocycles. The molecule has 0 fully saturated rings. The van der Waals surface area contributed by atoms with Gasteiger partial charge < -0.3 is 0 Å². The van der Waals surface area contributed by atoms with Crippen molar-refractivity contribution in [3.63, 3.8) is 0 Å². The Balaban J connectivity index is 2.38. The molecule has 3 aromatic carbocycles. The van der Waals surface area contributed by atoms with Gasteiger partial charge in [0.25, 0.3) is 0 Å². The quantitative estimate of drug-likeness (QED) is 0.567. The summed E-state index contributed by atoms with van der Waals surface area (Å²) in [6.45, 7) is 4.01. The summed E-state index contributed by atoms with van der Waals surface area (Å²) in [4.78, 5) is 0. The van der Waals surface area contributed by atoms with E-state index in [9.17, 15) is 0 Å². The Kier molecular flexibility index (Phi) is 4.71. The molecule has 0 saturated carbocycles. The van der Waals surface area contributed by atoms with E-state index in [4.69, 9.17) is 5.73 Å². The van der Waals surface area contributed by atoms with Crippen LogP contribution < -0.4 is 21.6 Å². The standard InChI is InChI=1S/C21H22NP/c1-2-21(22)23(18-12-6-3-7-13-18,19-14-8-4-9-15-19)20-16-10-5-11-17-20/h2-17,21,23H,1,22H2. The van der Waals surface area contributed by atoms with Crippen LogP contribution in [0, 0.1) is 0 Å². The molecule has 23 heavy (non-hydrogen) atoms. The van der Waals surface area contributed by atoms with Crippen molar-refractivity contribution in [2.45, 2.75) is 5.78 Å². The van der Waals surface area contributed by atoms with Gasteiger partial charge in [-0.25, -0.2) is 0 Å². The van der Waals surface area contributed by atoms with Crippen molar-refractivity contribution in [2.24, 2.45) is 5.73 Å². The zero-order valence-electron chi connectivity index (χ0n) is 13.1. The van der Waals surface area contributed by atoms with E-state index in [1.165, 1.54) is 15.9 Å². The van der Waals surface area contributed by atoms with Gasteiger partial charge in [0.05, 0.1) is 0 Å². The van der Waals surface area contributed by atoms with Crippen LogP contribution in [0.4, 0.5) is 0 Å². The number of hydrogen-bond donors (Lipinski definition) is 1. The van der Waals surface area contributed by atoms with Crippen LogP contribution in [0.3, 0.4) is 0 Å². The van der Waals surface area contributed by atoms with Crippen LogP contribution in [0.2, 0.25) is 0 Å². The minimum absolute atomic E-state index is 0.102. The molecule has 2 heteroatoms. The van der Waals surface area contributed by atoms with Crippen molar-refractivity contribution in [2.75, 3.05) is 0 Å². The molecule has 0 aliphatic heterocycles. The molecule has 2 N–H and O–H groups in total. The molecule has 1 unspecified atom stereocenters. The fourth-order valence-corrected chi connectivity index (χ4v) is 8.02. The SMILES string of the molecule is C=CC(N)[PH](c1ccccc1)(c1ccccc1)c1ccccc1. The van der Waals surface area contributed by atoms with E-state index >= 15 is 0 Å². The minimum atomic E-state index is -2.37. The molecule has 0 radical (unpaired) electrons. The van der Waals surface area contributed by atoms with Crippen LogP contribution in [0.5, 0.6) is 0 Å². The molecule has 0 aliphatic rings. The van der Waals surface area contributed by atoms with Gasteiger partial charge in [-0.1, -0.05) is 0 Å². The first-order valence-corrected chi connectivity index (χ1v) is 9.92. The molecule has 0 bridgehead atoms. The van der Waals surface area contributed by atoms with Crippen LogP contribution >= 0.6 is 7.26 Å². The maximum absolute atomic E-state index is 6.69. The maximum atomic E-state index is 6.69. The van der Waals surface area contributed by atoms with Crippen molar-refractivity contribution < 1.29 is 0 Å². The molecule has 1 atom stereocenters. The molecular weight excluding hydrogens is 297 g/mol. The molecule has 3 aromatic rings. The topological polar surface area (TPSA) is 26.0 Å².